The molecule has 0 aliphatic rings. The van der Waals surface area contributed by atoms with Crippen LogP contribution >= 0.6 is 0 Å². The normalized spacial score (nSPS) is 13.7. The maximum absolute atomic E-state index is 12.2. The predicted molar refractivity (Wildman–Crippen MR) is 75.5 cm³/mol. The molecule has 2 aromatic rings. The molecule has 0 saturated heterocycles. The zero-order valence-electron chi connectivity index (χ0n) is 11.4. The largest absolute Gasteiger partial charge is 0.480 e. The molecule has 0 bridgehead atoms. The Bertz CT molecular complexity index is 834. The molecule has 1 aromatic carbocycles. The highest BCUT2D eigenvalue weighted by Crippen LogP contribution is 2.16. The number of carboxylic acid groups (broad SMARTS) is 1. The van der Waals surface area contributed by atoms with E-state index in [1.807, 2.05) is 0 Å². The summed E-state index contributed by atoms with van der Waals surface area (Å²) >= 11 is 0. The fraction of sp³-hybridized carbons (Fsp3) is 0.333. The van der Waals surface area contributed by atoms with Crippen molar-refractivity contribution in [1.82, 2.24) is 14.7 Å². The van der Waals surface area contributed by atoms with Crippen molar-refractivity contribution in [2.24, 2.45) is 5.92 Å². The summed E-state index contributed by atoms with van der Waals surface area (Å²) in [6.45, 7) is 3.21. The lowest BCUT2D eigenvalue weighted by Gasteiger charge is -2.17. The monoisotopic (exact) mass is 313 g/mol. The summed E-state index contributed by atoms with van der Waals surface area (Å²) in [5, 5.41) is 9.05. The molecule has 114 valence electrons. The summed E-state index contributed by atoms with van der Waals surface area (Å²) in [6.07, 6.45) is 0. The van der Waals surface area contributed by atoms with Gasteiger partial charge in [-0.3, -0.25) is 4.79 Å². The summed E-state index contributed by atoms with van der Waals surface area (Å²) in [5.41, 5.74) is 0.356. The summed E-state index contributed by atoms with van der Waals surface area (Å²) in [7, 11) is -4.00. The van der Waals surface area contributed by atoms with E-state index in [-0.39, 0.29) is 4.90 Å². The van der Waals surface area contributed by atoms with E-state index >= 15 is 0 Å². The van der Waals surface area contributed by atoms with Crippen LogP contribution in [0.5, 0.6) is 0 Å². The zero-order chi connectivity index (χ0) is 15.8. The fourth-order valence-electron chi connectivity index (χ4n) is 1.89. The Kier molecular flexibility index (Phi) is 3.88. The molecule has 1 aromatic heterocycles. The Morgan fingerprint density at radius 3 is 2.43 bits per heavy atom. The number of carbonyl (C=O) groups is 1. The molecule has 1 heterocycles. The number of hydrogen-bond acceptors (Lipinski definition) is 4. The van der Waals surface area contributed by atoms with Gasteiger partial charge in [-0.15, -0.1) is 0 Å². The fourth-order valence-corrected chi connectivity index (χ4v) is 3.25. The van der Waals surface area contributed by atoms with Crippen molar-refractivity contribution in [3.63, 3.8) is 0 Å². The lowest BCUT2D eigenvalue weighted by atomic mass is 10.1. The third-order valence-electron chi connectivity index (χ3n) is 3.01. The van der Waals surface area contributed by atoms with Crippen molar-refractivity contribution < 1.29 is 18.3 Å². The summed E-state index contributed by atoms with van der Waals surface area (Å²) in [6, 6.07) is 2.78. The van der Waals surface area contributed by atoms with Crippen LogP contribution in [-0.4, -0.2) is 35.5 Å². The quantitative estimate of drug-likeness (QED) is 0.628. The van der Waals surface area contributed by atoms with Crippen LogP contribution in [0, 0.1) is 5.92 Å². The minimum Gasteiger partial charge on any atom is -0.480 e. The van der Waals surface area contributed by atoms with Crippen LogP contribution in [-0.2, 0) is 14.8 Å². The molecule has 0 saturated carbocycles. The van der Waals surface area contributed by atoms with E-state index in [1.54, 1.807) is 13.8 Å². The predicted octanol–water partition coefficient (Wildman–Crippen LogP) is 0.244. The van der Waals surface area contributed by atoms with Crippen LogP contribution in [0.2, 0.25) is 0 Å². The molecule has 9 heteroatoms. The number of aliphatic carboxylic acids is 1. The lowest BCUT2D eigenvalue weighted by Crippen LogP contribution is -2.44. The smallest absolute Gasteiger partial charge is 0.323 e. The van der Waals surface area contributed by atoms with E-state index in [0.29, 0.717) is 11.0 Å². The summed E-state index contributed by atoms with van der Waals surface area (Å²) in [5.74, 6) is -1.65. The second kappa shape index (κ2) is 5.34. The van der Waals surface area contributed by atoms with Gasteiger partial charge in [0.05, 0.1) is 15.9 Å². The average molecular weight is 313 g/mol. The molecule has 0 spiro atoms. The highest BCUT2D eigenvalue weighted by molar-refractivity contribution is 7.89. The van der Waals surface area contributed by atoms with Gasteiger partial charge in [-0.25, -0.2) is 13.2 Å². The van der Waals surface area contributed by atoms with Gasteiger partial charge in [-0.05, 0) is 24.1 Å². The van der Waals surface area contributed by atoms with E-state index < -0.39 is 33.6 Å². The van der Waals surface area contributed by atoms with Crippen LogP contribution in [0.3, 0.4) is 0 Å². The SMILES string of the molecule is CC(C)[C@@H](NS(=O)(=O)c1ccc2[nH]c(=O)[nH]c2c1)C(=O)O. The Morgan fingerprint density at radius 2 is 1.86 bits per heavy atom. The van der Waals surface area contributed by atoms with Crippen molar-refractivity contribution >= 4 is 27.0 Å². The number of imidazole rings is 1. The maximum Gasteiger partial charge on any atom is 0.323 e. The number of H-pyrrole nitrogens is 2. The third kappa shape index (κ3) is 3.14. The molecule has 8 nitrogen and oxygen atoms in total. The van der Waals surface area contributed by atoms with E-state index in [4.69, 9.17) is 5.11 Å². The van der Waals surface area contributed by atoms with Crippen LogP contribution in [0.15, 0.2) is 27.9 Å². The number of benzene rings is 1. The van der Waals surface area contributed by atoms with Crippen LogP contribution in [0.1, 0.15) is 13.8 Å². The van der Waals surface area contributed by atoms with Gasteiger partial charge in [-0.2, -0.15) is 4.72 Å². The van der Waals surface area contributed by atoms with Gasteiger partial charge in [0, 0.05) is 0 Å². The number of aromatic nitrogens is 2. The minimum atomic E-state index is -4.00. The van der Waals surface area contributed by atoms with E-state index in [2.05, 4.69) is 14.7 Å². The van der Waals surface area contributed by atoms with Gasteiger partial charge in [0.2, 0.25) is 10.0 Å². The molecule has 0 unspecified atom stereocenters. The van der Waals surface area contributed by atoms with E-state index in [0.717, 1.165) is 0 Å². The molecule has 4 N–H and O–H groups in total. The Morgan fingerprint density at radius 1 is 1.24 bits per heavy atom. The molecular formula is C12H15N3O5S. The highest BCUT2D eigenvalue weighted by Gasteiger charge is 2.28. The zero-order valence-corrected chi connectivity index (χ0v) is 12.2. The molecule has 0 fully saturated rings. The first-order chi connectivity index (χ1) is 9.70. The molecule has 21 heavy (non-hydrogen) atoms. The molecule has 0 radical (unpaired) electrons. The standard InChI is InChI=1S/C12H15N3O5S/c1-6(2)10(11(16)17)15-21(19,20)7-3-4-8-9(5-7)14-12(18)13-8/h3-6,10,15H,1-2H3,(H,16,17)(H2,13,14,18)/t10-/m1/s1. The highest BCUT2D eigenvalue weighted by atomic mass is 32.2. The van der Waals surface area contributed by atoms with Gasteiger partial charge in [0.25, 0.3) is 0 Å². The van der Waals surface area contributed by atoms with Crippen LogP contribution < -0.4 is 10.4 Å². The average Bonchev–Trinajstić information content (AvgIpc) is 2.74. The Labute approximate surface area is 120 Å². The number of nitrogens with one attached hydrogen (secondary N) is 3. The van der Waals surface area contributed by atoms with Gasteiger partial charge in [-0.1, -0.05) is 13.8 Å². The number of sulfonamides is 1. The molecular weight excluding hydrogens is 298 g/mol. The summed E-state index contributed by atoms with van der Waals surface area (Å²) < 4.78 is 26.6. The number of aromatic amines is 2. The topological polar surface area (TPSA) is 132 Å². The van der Waals surface area contributed by atoms with Crippen molar-refractivity contribution in [2.75, 3.05) is 0 Å². The second-order valence-corrected chi connectivity index (χ2v) is 6.68. The van der Waals surface area contributed by atoms with E-state index in [9.17, 15) is 18.0 Å². The molecule has 0 aliphatic carbocycles. The Hall–Kier alpha value is -2.13. The number of rotatable bonds is 5. The van der Waals surface area contributed by atoms with Crippen LogP contribution in [0.4, 0.5) is 0 Å². The first kappa shape index (κ1) is 15.3. The van der Waals surface area contributed by atoms with E-state index in [1.165, 1.54) is 18.2 Å². The number of hydrogen-bond donors (Lipinski definition) is 4. The van der Waals surface area contributed by atoms with Gasteiger partial charge < -0.3 is 15.1 Å². The maximum atomic E-state index is 12.2. The van der Waals surface area contributed by atoms with Crippen molar-refractivity contribution in [3.05, 3.63) is 28.7 Å². The van der Waals surface area contributed by atoms with Crippen molar-refractivity contribution in [1.29, 1.82) is 0 Å². The Balaban J connectivity index is 2.41. The first-order valence-electron chi connectivity index (χ1n) is 6.18. The van der Waals surface area contributed by atoms with Gasteiger partial charge in [0.15, 0.2) is 0 Å². The molecule has 0 amide bonds. The summed E-state index contributed by atoms with van der Waals surface area (Å²) in [4.78, 5) is 27.1. The molecule has 2 rings (SSSR count). The van der Waals surface area contributed by atoms with Gasteiger partial charge in [0.1, 0.15) is 6.04 Å². The molecule has 0 aliphatic heterocycles. The number of carboxylic acids is 1. The number of fused-ring (bicyclic) bond motifs is 1. The lowest BCUT2D eigenvalue weighted by molar-refractivity contribution is -0.140. The van der Waals surface area contributed by atoms with Gasteiger partial charge >= 0.3 is 11.7 Å². The van der Waals surface area contributed by atoms with Crippen molar-refractivity contribution in [3.8, 4) is 0 Å². The van der Waals surface area contributed by atoms with Crippen molar-refractivity contribution in [2.45, 2.75) is 24.8 Å². The first-order valence-corrected chi connectivity index (χ1v) is 7.66. The van der Waals surface area contributed by atoms with Crippen LogP contribution in [0.25, 0.3) is 11.0 Å². The minimum absolute atomic E-state index is 0.114. The second-order valence-electron chi connectivity index (χ2n) is 4.97. The third-order valence-corrected chi connectivity index (χ3v) is 4.45. The molecule has 1 atom stereocenters.